The maximum atomic E-state index is 10.9. The van der Waals surface area contributed by atoms with E-state index >= 15 is 0 Å². The molecule has 1 unspecified atom stereocenters. The molecule has 13 aromatic rings. The van der Waals surface area contributed by atoms with Crippen LogP contribution in [0.4, 0.5) is 5.69 Å². The van der Waals surface area contributed by atoms with Crippen molar-refractivity contribution in [2.75, 3.05) is 57.6 Å². The number of ether oxygens (including phenoxy) is 5. The molecule has 10 nitrogen and oxygen atoms in total. The number of unbranched alkanes of at least 4 members (excludes halogenated alkanes) is 2. The van der Waals surface area contributed by atoms with Crippen LogP contribution in [-0.2, 0) is 49.9 Å². The van der Waals surface area contributed by atoms with Crippen LogP contribution in [0.25, 0.3) is 45.9 Å². The summed E-state index contributed by atoms with van der Waals surface area (Å²) in [5, 5.41) is 10.3. The normalized spacial score (nSPS) is 14.0. The molecule has 2 saturated heterocycles. The van der Waals surface area contributed by atoms with Gasteiger partial charge in [0.1, 0.15) is 30.5 Å². The molecule has 3 aliphatic heterocycles. The van der Waals surface area contributed by atoms with Crippen LogP contribution < -0.4 is 28.6 Å². The van der Waals surface area contributed by atoms with E-state index in [9.17, 15) is 4.79 Å². The molecule has 1 aromatic heterocycles. The number of piperidine rings is 1. The summed E-state index contributed by atoms with van der Waals surface area (Å²) in [7, 11) is 0. The van der Waals surface area contributed by atoms with Gasteiger partial charge >= 0.3 is 5.97 Å². The van der Waals surface area contributed by atoms with Crippen molar-refractivity contribution < 1.29 is 33.6 Å². The van der Waals surface area contributed by atoms with Gasteiger partial charge in [0.2, 0.25) is 6.79 Å². The molecule has 772 valence electrons. The summed E-state index contributed by atoms with van der Waals surface area (Å²) in [6.45, 7) is 38.2. The van der Waals surface area contributed by atoms with Crippen LogP contribution in [0.3, 0.4) is 0 Å². The van der Waals surface area contributed by atoms with Gasteiger partial charge < -0.3 is 38.3 Å². The number of para-hydroxylation sites is 2. The fourth-order valence-electron chi connectivity index (χ4n) is 18.3. The highest BCUT2D eigenvalue weighted by atomic mass is 16.7. The third kappa shape index (κ3) is 40.5. The van der Waals surface area contributed by atoms with Crippen molar-refractivity contribution >= 4 is 40.8 Å². The molecule has 0 amide bonds. The minimum Gasteiger partial charge on any atom is -0.494 e. The topological polar surface area (TPSA) is 94.9 Å². The monoisotopic (exact) mass is 1960 g/mol. The van der Waals surface area contributed by atoms with E-state index in [2.05, 4.69) is 395 Å². The minimum atomic E-state index is -0.755. The molecule has 1 atom stereocenters. The molecule has 12 aromatic carbocycles. The Morgan fingerprint density at radius 2 is 1.03 bits per heavy atom. The number of benzene rings is 12. The molecule has 4 heterocycles. The lowest BCUT2D eigenvalue weighted by Gasteiger charge is -2.34. The number of fused-ring (bicyclic) bond motifs is 5. The minimum absolute atomic E-state index is 0.344. The standard InChI is InChI=1S/C19H23N.C17H18O.C16H15N.C15H22O3.C15H14.C15H22.C14H21NO.C14H24.C11H12O2/c1-2-16-8-10-19(11-9-16)20-14-12-18(13-15-20)17-6-4-3-5-7-17;1-2-3-7-15-10-12-17(13-11-15)18-14-16-8-5-4-6-9-16;1-2-14-12-13-8-6-7-11-16(13)17(14)15-9-4-3-5-10-15;1-4-12-6-8-13(9-7-12)18-11-5-10-15(2,3)14(16)17;1-2-11-7-8-15-13(9-11)10-12-5-3-4-6-14(12)15;1-3-5-7-10-14(4-2)13-15-11-8-6-9-12-15;1-2-13-5-7-14(8-6-13)16-12-11-15-9-3-4-10-15;1-4-13-8-10-14(11-9-13)7-5-6-12(2)3;1-2-3-4-9-5-6-10-11(7-9)13-8-12-10/h3-11,18H,2,12-15H2,1H3;3-13H,2,14H2,1H3;3-12H,2H2,1H3;6-9H,4-5,10-11H2,1-3H3,(H,16,17);3-9H,2,10H2,1H3;6,8-9,11-13H,3-5,7,10H2,1-2H3;5-8H,2-4,9-12H2,1H3;5-6,10,12-13H,4,7-9,11H2,1-3H3;3-7H,2,8H2,1H3/b;7-3+;;;;14-13-;;6-5+;4-3+. The molecule has 10 heteroatoms. The quantitative estimate of drug-likeness (QED) is 0.0308. The Labute approximate surface area is 879 Å². The summed E-state index contributed by atoms with van der Waals surface area (Å²) in [4.78, 5) is 15.9. The third-order valence-electron chi connectivity index (χ3n) is 27.7. The van der Waals surface area contributed by atoms with Crippen LogP contribution in [0, 0.1) is 17.3 Å². The molecule has 5 aliphatic rings. The number of hydrogen-bond donors (Lipinski definition) is 1. The molecule has 2 fully saturated rings. The number of hydrogen-bond acceptors (Lipinski definition) is 8. The molecule has 0 saturated carbocycles. The number of rotatable bonds is 35. The van der Waals surface area contributed by atoms with Crippen LogP contribution >= 0.6 is 0 Å². The lowest BCUT2D eigenvalue weighted by molar-refractivity contribution is -0.147. The van der Waals surface area contributed by atoms with Crippen LogP contribution in [0.15, 0.2) is 351 Å². The molecule has 2 aliphatic carbocycles. The first kappa shape index (κ1) is 115. The van der Waals surface area contributed by atoms with Gasteiger partial charge in [-0.3, -0.25) is 9.69 Å². The van der Waals surface area contributed by atoms with Crippen molar-refractivity contribution in [1.82, 2.24) is 9.47 Å². The van der Waals surface area contributed by atoms with E-state index in [4.69, 9.17) is 28.8 Å². The van der Waals surface area contributed by atoms with E-state index in [1.165, 1.54) is 211 Å². The molecule has 1 N–H and O–H groups in total. The maximum absolute atomic E-state index is 10.9. The Hall–Kier alpha value is -12.9. The zero-order chi connectivity index (χ0) is 104. The predicted octanol–water partition coefficient (Wildman–Crippen LogP) is 36.2. The zero-order valence-corrected chi connectivity index (χ0v) is 90.9. The van der Waals surface area contributed by atoms with Gasteiger partial charge in [0.05, 0.1) is 17.5 Å². The van der Waals surface area contributed by atoms with Gasteiger partial charge in [-0.2, -0.15) is 0 Å². The summed E-state index contributed by atoms with van der Waals surface area (Å²) >= 11 is 0. The van der Waals surface area contributed by atoms with Crippen molar-refractivity contribution in [3.63, 3.8) is 0 Å². The number of likely N-dealkylation sites (tertiary alicyclic amines) is 1. The highest BCUT2D eigenvalue weighted by molar-refractivity contribution is 5.83. The van der Waals surface area contributed by atoms with Gasteiger partial charge in [-0.15, -0.1) is 0 Å². The number of carboxylic acids is 1. The Morgan fingerprint density at radius 1 is 0.479 bits per heavy atom. The van der Waals surface area contributed by atoms with Gasteiger partial charge in [-0.25, -0.2) is 0 Å². The SMILES string of the molecule is CC/C=C/c1ccc(OCc2ccccc2)cc1.CC/C=C/c1ccc2c(c1)OCO2.CCC1CC=C(C/C=C/C(C)C)CC1.CCCCC/C(=C\c1ccccc1)CC.CCc1cc2ccccc2n1-c1ccccc1.CCc1ccc(N2CCC(c3ccccc3)CC2)cc1.CCc1ccc(OCCCC(C)(C)C(=O)O)cc1.CCc1ccc(OCCN2CCCC2)cc1.CCc1ccc2c(c1)Cc1ccccc1-2. The summed E-state index contributed by atoms with van der Waals surface area (Å²) in [6.07, 6.45) is 46.2. The van der Waals surface area contributed by atoms with Crippen LogP contribution in [0.5, 0.6) is 28.7 Å². The Morgan fingerprint density at radius 3 is 1.63 bits per heavy atom. The largest absolute Gasteiger partial charge is 0.494 e. The number of aromatic nitrogens is 1. The van der Waals surface area contributed by atoms with Gasteiger partial charge in [0.15, 0.2) is 11.5 Å². The Balaban J connectivity index is 0.000000169. The van der Waals surface area contributed by atoms with Crippen molar-refractivity contribution in [1.29, 1.82) is 0 Å². The molecule has 0 spiro atoms. The van der Waals surface area contributed by atoms with Gasteiger partial charge in [-0.1, -0.05) is 387 Å². The first-order valence-electron chi connectivity index (χ1n) is 55.1. The fraction of sp³-hybridized carbons (Fsp3) is 0.375. The molecule has 18 rings (SSSR count). The number of aliphatic carboxylic acids is 1. The Bertz CT molecular complexity index is 5960. The van der Waals surface area contributed by atoms with Crippen LogP contribution in [-0.4, -0.2) is 73.3 Å². The average Bonchev–Trinajstić information content (AvgIpc) is 1.64. The average molecular weight is 1960 g/mol. The van der Waals surface area contributed by atoms with Crippen molar-refractivity contribution in [2.24, 2.45) is 17.3 Å². The Kier molecular flexibility index (Phi) is 51.7. The van der Waals surface area contributed by atoms with Crippen molar-refractivity contribution in [3.05, 3.63) is 418 Å². The fourth-order valence-corrected chi connectivity index (χ4v) is 18.3. The number of aryl methyl sites for hydroxylation is 5. The summed E-state index contributed by atoms with van der Waals surface area (Å²) in [5.74, 6) is 6.09. The van der Waals surface area contributed by atoms with E-state index in [1.807, 2.05) is 60.7 Å². The first-order chi connectivity index (χ1) is 71.3. The molecule has 0 bridgehead atoms. The number of carbonyl (C=O) groups is 1. The smallest absolute Gasteiger partial charge is 0.309 e. The highest BCUT2D eigenvalue weighted by Crippen LogP contribution is 2.39. The second-order valence-corrected chi connectivity index (χ2v) is 39.5. The molecule has 146 heavy (non-hydrogen) atoms. The van der Waals surface area contributed by atoms with Gasteiger partial charge in [-0.05, 0) is 337 Å². The van der Waals surface area contributed by atoms with Crippen LogP contribution in [0.2, 0.25) is 0 Å². The lowest BCUT2D eigenvalue weighted by atomic mass is 9.87. The summed E-state index contributed by atoms with van der Waals surface area (Å²) < 4.78 is 29.9. The van der Waals surface area contributed by atoms with Gasteiger partial charge in [0.25, 0.3) is 0 Å². The highest BCUT2D eigenvalue weighted by Gasteiger charge is 2.27. The molecular weight excluding hydrogens is 1790 g/mol. The van der Waals surface area contributed by atoms with Crippen molar-refractivity contribution in [2.45, 2.75) is 264 Å². The number of allylic oxidation sites excluding steroid dienone is 7. The zero-order valence-electron chi connectivity index (χ0n) is 90.9. The lowest BCUT2D eigenvalue weighted by Crippen LogP contribution is -2.32. The van der Waals surface area contributed by atoms with E-state index in [0.717, 1.165) is 117 Å². The molecular formula is C136H171N3O7. The second kappa shape index (κ2) is 65.6. The summed E-state index contributed by atoms with van der Waals surface area (Å²) in [6, 6.07) is 108. The van der Waals surface area contributed by atoms with E-state index in [-0.39, 0.29) is 0 Å². The predicted molar refractivity (Wildman–Crippen MR) is 624 cm³/mol. The second-order valence-electron chi connectivity index (χ2n) is 39.5. The number of nitrogens with zero attached hydrogens (tertiary/aromatic N) is 3. The van der Waals surface area contributed by atoms with E-state index in [1.54, 1.807) is 25.0 Å². The van der Waals surface area contributed by atoms with E-state index in [0.29, 0.717) is 32.3 Å². The van der Waals surface area contributed by atoms with E-state index < -0.39 is 11.4 Å². The van der Waals surface area contributed by atoms with Crippen molar-refractivity contribution in [3.8, 4) is 45.6 Å². The maximum Gasteiger partial charge on any atom is 0.309 e. The summed E-state index contributed by atoms with van der Waals surface area (Å²) in [5.41, 5.74) is 25.6. The number of anilines is 1. The molecule has 0 radical (unpaired) electrons. The van der Waals surface area contributed by atoms with Gasteiger partial charge in [0, 0.05) is 42.1 Å². The third-order valence-corrected chi connectivity index (χ3v) is 27.7. The van der Waals surface area contributed by atoms with Crippen LogP contribution in [0.1, 0.15) is 285 Å². The number of carboxylic acid groups (broad SMARTS) is 1. The first-order valence-corrected chi connectivity index (χ1v) is 55.1.